The number of ketones is 1. The van der Waals surface area contributed by atoms with E-state index in [1.807, 2.05) is 6.92 Å². The average Bonchev–Trinajstić information content (AvgIpc) is 2.78. The van der Waals surface area contributed by atoms with Crippen LogP contribution in [0.3, 0.4) is 0 Å². The summed E-state index contributed by atoms with van der Waals surface area (Å²) in [4.78, 5) is 12.8. The van der Waals surface area contributed by atoms with E-state index in [0.29, 0.717) is 16.7 Å². The minimum atomic E-state index is -2.94. The Hall–Kier alpha value is -0.750. The van der Waals surface area contributed by atoms with Gasteiger partial charge in [-0.3, -0.25) is 4.79 Å². The molecule has 5 aliphatic rings. The van der Waals surface area contributed by atoms with E-state index < -0.39 is 34.1 Å². The van der Waals surface area contributed by atoms with Gasteiger partial charge in [0.2, 0.25) is 5.79 Å². The standard InChI is InChI=1S/C32H52O5/c1-19(33)31(35)26(4,5)22-12-13-29(8)23(30(22,9)24(34)32(31,36)37)11-10-20-21-18-25(2,3)14-15-27(21,6)16-17-28(20,29)7/h10,21-24,34-37H,11-18H2,1-9H3/t21-,22?,23+,24?,27-,28-,29-,30+,31?/m1/s1. The van der Waals surface area contributed by atoms with Gasteiger partial charge in [-0.25, -0.2) is 0 Å². The van der Waals surface area contributed by atoms with Crippen molar-refractivity contribution in [2.45, 2.75) is 131 Å². The van der Waals surface area contributed by atoms with Crippen LogP contribution < -0.4 is 0 Å². The van der Waals surface area contributed by atoms with E-state index in [0.717, 1.165) is 25.7 Å². The lowest BCUT2D eigenvalue weighted by Crippen LogP contribution is -2.82. The minimum absolute atomic E-state index is 0.00193. The Labute approximate surface area is 224 Å². The van der Waals surface area contributed by atoms with Crippen molar-refractivity contribution < 1.29 is 25.2 Å². The van der Waals surface area contributed by atoms with Gasteiger partial charge in [0.05, 0.1) is 0 Å². The highest BCUT2D eigenvalue weighted by atomic mass is 16.6. The summed E-state index contributed by atoms with van der Waals surface area (Å²) in [6.07, 6.45) is 9.36. The van der Waals surface area contributed by atoms with Crippen molar-refractivity contribution in [3.63, 3.8) is 0 Å². The third-order valence-corrected chi connectivity index (χ3v) is 14.1. The number of aliphatic hydroxyl groups excluding tert-OH is 1. The van der Waals surface area contributed by atoms with Gasteiger partial charge in [0.1, 0.15) is 6.10 Å². The third kappa shape index (κ3) is 2.99. The van der Waals surface area contributed by atoms with Gasteiger partial charge in [-0.15, -0.1) is 0 Å². The molecule has 4 saturated carbocycles. The van der Waals surface area contributed by atoms with Crippen molar-refractivity contribution >= 4 is 5.78 Å². The number of carbonyl (C=O) groups is 1. The Kier molecular flexibility index (Phi) is 5.64. The first-order valence-electron chi connectivity index (χ1n) is 14.7. The predicted molar refractivity (Wildman–Crippen MR) is 144 cm³/mol. The van der Waals surface area contributed by atoms with Crippen LogP contribution in [0.2, 0.25) is 0 Å². The zero-order valence-electron chi connectivity index (χ0n) is 24.7. The number of aliphatic hydroxyl groups is 4. The van der Waals surface area contributed by atoms with Crippen LogP contribution in [0.4, 0.5) is 0 Å². The first kappa shape index (κ1) is 27.8. The lowest BCUT2D eigenvalue weighted by atomic mass is 9.31. The second-order valence-electron chi connectivity index (χ2n) is 16.3. The Morgan fingerprint density at radius 1 is 0.865 bits per heavy atom. The van der Waals surface area contributed by atoms with Gasteiger partial charge in [-0.05, 0) is 97.7 Å². The van der Waals surface area contributed by atoms with Crippen LogP contribution in [-0.4, -0.2) is 43.7 Å². The first-order chi connectivity index (χ1) is 16.7. The number of hydrogen-bond donors (Lipinski definition) is 4. The molecule has 4 fully saturated rings. The van der Waals surface area contributed by atoms with Crippen molar-refractivity contribution in [3.05, 3.63) is 11.6 Å². The fourth-order valence-corrected chi connectivity index (χ4v) is 11.4. The van der Waals surface area contributed by atoms with Crippen LogP contribution in [-0.2, 0) is 4.79 Å². The highest BCUT2D eigenvalue weighted by Gasteiger charge is 2.79. The van der Waals surface area contributed by atoms with E-state index >= 15 is 0 Å². The molecule has 5 rings (SSSR count). The summed E-state index contributed by atoms with van der Waals surface area (Å²) >= 11 is 0. The molecular weight excluding hydrogens is 464 g/mol. The number of carbonyl (C=O) groups excluding carboxylic acids is 1. The molecule has 0 saturated heterocycles. The molecule has 0 spiro atoms. The Morgan fingerprint density at radius 3 is 2.05 bits per heavy atom. The molecule has 0 aromatic heterocycles. The van der Waals surface area contributed by atoms with E-state index in [1.54, 1.807) is 19.4 Å². The van der Waals surface area contributed by atoms with Gasteiger partial charge in [-0.1, -0.05) is 67.0 Å². The van der Waals surface area contributed by atoms with Gasteiger partial charge in [0, 0.05) is 10.8 Å². The zero-order valence-corrected chi connectivity index (χ0v) is 24.7. The fraction of sp³-hybridized carbons (Fsp3) is 0.906. The third-order valence-electron chi connectivity index (χ3n) is 14.1. The maximum absolute atomic E-state index is 12.8. The molecule has 0 amide bonds. The van der Waals surface area contributed by atoms with Crippen LogP contribution in [0, 0.1) is 50.2 Å². The number of Topliss-reactive ketones (excluding diaryl/α,β-unsaturated/α-hetero) is 1. The number of allylic oxidation sites excluding steroid dienone is 2. The van der Waals surface area contributed by atoms with Gasteiger partial charge in [-0.2, -0.15) is 0 Å². The minimum Gasteiger partial charge on any atom is -0.387 e. The van der Waals surface area contributed by atoms with Crippen molar-refractivity contribution in [2.24, 2.45) is 50.2 Å². The molecule has 0 aromatic rings. The second-order valence-corrected chi connectivity index (χ2v) is 16.3. The summed E-state index contributed by atoms with van der Waals surface area (Å²) in [5, 5.41) is 46.2. The smallest absolute Gasteiger partial charge is 0.227 e. The van der Waals surface area contributed by atoms with Crippen LogP contribution in [0.5, 0.6) is 0 Å². The summed E-state index contributed by atoms with van der Waals surface area (Å²) in [6, 6.07) is 0. The van der Waals surface area contributed by atoms with E-state index in [2.05, 4.69) is 40.7 Å². The lowest BCUT2D eigenvalue weighted by molar-refractivity contribution is -0.402. The first-order valence-corrected chi connectivity index (χ1v) is 14.7. The average molecular weight is 517 g/mol. The molecule has 210 valence electrons. The Bertz CT molecular complexity index is 1040. The van der Waals surface area contributed by atoms with Crippen molar-refractivity contribution in [1.29, 1.82) is 0 Å². The number of fused-ring (bicyclic) bond motifs is 7. The topological polar surface area (TPSA) is 98.0 Å². The van der Waals surface area contributed by atoms with E-state index in [-0.39, 0.29) is 22.7 Å². The van der Waals surface area contributed by atoms with E-state index in [9.17, 15) is 25.2 Å². The largest absolute Gasteiger partial charge is 0.387 e. The molecule has 9 atom stereocenters. The molecule has 5 aliphatic carbocycles. The normalized spacial score (nSPS) is 53.6. The highest BCUT2D eigenvalue weighted by molar-refractivity contribution is 5.87. The summed E-state index contributed by atoms with van der Waals surface area (Å²) < 4.78 is 0. The van der Waals surface area contributed by atoms with E-state index in [1.165, 1.54) is 32.6 Å². The van der Waals surface area contributed by atoms with Gasteiger partial charge >= 0.3 is 0 Å². The Morgan fingerprint density at radius 2 is 1.46 bits per heavy atom. The molecule has 0 radical (unpaired) electrons. The van der Waals surface area contributed by atoms with Crippen LogP contribution in [0.25, 0.3) is 0 Å². The van der Waals surface area contributed by atoms with Crippen LogP contribution in [0.1, 0.15) is 114 Å². The fourth-order valence-electron chi connectivity index (χ4n) is 11.4. The predicted octanol–water partition coefficient (Wildman–Crippen LogP) is 5.39. The lowest BCUT2D eigenvalue weighted by Gasteiger charge is -2.74. The zero-order chi connectivity index (χ0) is 27.8. The number of rotatable bonds is 1. The molecule has 0 heterocycles. The molecule has 3 unspecified atom stereocenters. The van der Waals surface area contributed by atoms with E-state index in [4.69, 9.17) is 0 Å². The SMILES string of the molecule is CC(=O)C1(O)C(C)(C)C2CC[C@]3(C)[C@H](CC=C4[C@H]5CC(C)(C)CC[C@]5(C)CC[C@]43C)[C@@]2(C)C(O)C1(O)O. The summed E-state index contributed by atoms with van der Waals surface area (Å²) in [6.45, 7) is 19.0. The summed E-state index contributed by atoms with van der Waals surface area (Å²) in [5.41, 5.74) is -2.34. The Balaban J connectivity index is 1.65. The van der Waals surface area contributed by atoms with Gasteiger partial charge in [0.15, 0.2) is 11.4 Å². The van der Waals surface area contributed by atoms with Crippen molar-refractivity contribution in [1.82, 2.24) is 0 Å². The number of hydrogen-bond acceptors (Lipinski definition) is 5. The summed E-state index contributed by atoms with van der Waals surface area (Å²) in [5.74, 6) is -3.33. The maximum atomic E-state index is 12.8. The summed E-state index contributed by atoms with van der Waals surface area (Å²) in [7, 11) is 0. The molecule has 4 N–H and O–H groups in total. The van der Waals surface area contributed by atoms with Crippen molar-refractivity contribution in [3.8, 4) is 0 Å². The van der Waals surface area contributed by atoms with Crippen LogP contribution >= 0.6 is 0 Å². The molecule has 0 aromatic carbocycles. The molecule has 0 bridgehead atoms. The molecule has 5 heteroatoms. The molecule has 5 nitrogen and oxygen atoms in total. The highest BCUT2D eigenvalue weighted by Crippen LogP contribution is 2.77. The van der Waals surface area contributed by atoms with Gasteiger partial charge in [0.25, 0.3) is 0 Å². The molecular formula is C32H52O5. The van der Waals surface area contributed by atoms with Crippen LogP contribution in [0.15, 0.2) is 11.6 Å². The second kappa shape index (κ2) is 7.50. The van der Waals surface area contributed by atoms with Gasteiger partial charge < -0.3 is 20.4 Å². The molecule has 0 aliphatic heterocycles. The monoisotopic (exact) mass is 516 g/mol. The molecule has 37 heavy (non-hydrogen) atoms. The van der Waals surface area contributed by atoms with Crippen molar-refractivity contribution in [2.75, 3.05) is 0 Å². The maximum Gasteiger partial charge on any atom is 0.227 e. The quantitative estimate of drug-likeness (QED) is 0.277.